The first-order valence-corrected chi connectivity index (χ1v) is 6.06. The number of alkyl halides is 5. The molecule has 9 heteroatoms. The lowest BCUT2D eigenvalue weighted by Crippen LogP contribution is -2.43. The van der Waals surface area contributed by atoms with Crippen LogP contribution in [-0.4, -0.2) is 61.9 Å². The maximum Gasteiger partial charge on any atom is 0.395 e. The minimum Gasteiger partial charge on any atom is -0.457 e. The molecule has 1 aliphatic rings. The molecule has 1 saturated heterocycles. The van der Waals surface area contributed by atoms with Gasteiger partial charge >= 0.3 is 18.1 Å². The van der Waals surface area contributed by atoms with Gasteiger partial charge in [-0.05, 0) is 6.92 Å². The third kappa shape index (κ3) is 6.00. The van der Waals surface area contributed by atoms with E-state index in [1.54, 1.807) is 0 Å². The standard InChI is InChI=1S/C11H16F5NO3/c1-8(6-17-2-4-19-5-3-17)20-9(18)10(12,13)7-11(14,15)16/h8H,2-7H2,1H3. The second kappa shape index (κ2) is 6.66. The first kappa shape index (κ1) is 17.1. The Hall–Kier alpha value is -0.960. The van der Waals surface area contributed by atoms with E-state index in [1.807, 2.05) is 4.90 Å². The molecule has 1 aliphatic heterocycles. The van der Waals surface area contributed by atoms with Gasteiger partial charge in [-0.2, -0.15) is 22.0 Å². The van der Waals surface area contributed by atoms with Crippen LogP contribution in [0, 0.1) is 0 Å². The SMILES string of the molecule is CC(CN1CCOCC1)OC(=O)C(F)(F)CC(F)(F)F. The summed E-state index contributed by atoms with van der Waals surface area (Å²) in [4.78, 5) is 12.9. The lowest BCUT2D eigenvalue weighted by molar-refractivity contribution is -0.211. The molecule has 4 nitrogen and oxygen atoms in total. The molecule has 0 spiro atoms. The van der Waals surface area contributed by atoms with Gasteiger partial charge in [-0.3, -0.25) is 4.90 Å². The number of halogens is 5. The van der Waals surface area contributed by atoms with Crippen LogP contribution < -0.4 is 0 Å². The van der Waals surface area contributed by atoms with Gasteiger partial charge in [0.25, 0.3) is 0 Å². The van der Waals surface area contributed by atoms with Gasteiger partial charge in [0, 0.05) is 19.6 Å². The van der Waals surface area contributed by atoms with Crippen molar-refractivity contribution in [2.45, 2.75) is 31.5 Å². The van der Waals surface area contributed by atoms with Crippen molar-refractivity contribution in [1.29, 1.82) is 0 Å². The fraction of sp³-hybridized carbons (Fsp3) is 0.909. The molecule has 1 fully saturated rings. The van der Waals surface area contributed by atoms with Crippen molar-refractivity contribution in [2.24, 2.45) is 0 Å². The molecule has 0 saturated carbocycles. The molecule has 1 atom stereocenters. The fourth-order valence-electron chi connectivity index (χ4n) is 1.78. The monoisotopic (exact) mass is 305 g/mol. The molecule has 0 aromatic rings. The molecule has 0 aromatic heterocycles. The van der Waals surface area contributed by atoms with Gasteiger partial charge in [0.15, 0.2) is 0 Å². The number of hydrogen-bond acceptors (Lipinski definition) is 4. The first-order chi connectivity index (χ1) is 9.10. The number of carbonyl (C=O) groups is 1. The van der Waals surface area contributed by atoms with E-state index >= 15 is 0 Å². The number of esters is 1. The Kier molecular flexibility index (Phi) is 5.69. The number of carbonyl (C=O) groups excluding carboxylic acids is 1. The molecular formula is C11H16F5NO3. The molecule has 1 heterocycles. The molecule has 118 valence electrons. The topological polar surface area (TPSA) is 38.8 Å². The quantitative estimate of drug-likeness (QED) is 0.574. The van der Waals surface area contributed by atoms with Crippen molar-refractivity contribution in [3.63, 3.8) is 0 Å². The zero-order chi connectivity index (χ0) is 15.4. The van der Waals surface area contributed by atoms with Crippen LogP contribution in [-0.2, 0) is 14.3 Å². The first-order valence-electron chi connectivity index (χ1n) is 6.06. The van der Waals surface area contributed by atoms with E-state index in [-0.39, 0.29) is 6.54 Å². The average molecular weight is 305 g/mol. The van der Waals surface area contributed by atoms with Crippen molar-refractivity contribution in [3.05, 3.63) is 0 Å². The zero-order valence-electron chi connectivity index (χ0n) is 10.9. The fourth-order valence-corrected chi connectivity index (χ4v) is 1.78. The van der Waals surface area contributed by atoms with Crippen LogP contribution in [0.3, 0.4) is 0 Å². The van der Waals surface area contributed by atoms with Crippen molar-refractivity contribution in [2.75, 3.05) is 32.8 Å². The van der Waals surface area contributed by atoms with Crippen LogP contribution in [0.1, 0.15) is 13.3 Å². The number of hydrogen-bond donors (Lipinski definition) is 0. The Bertz CT molecular complexity index is 329. The van der Waals surface area contributed by atoms with Gasteiger partial charge in [-0.25, -0.2) is 4.79 Å². The molecule has 0 aromatic carbocycles. The Morgan fingerprint density at radius 1 is 1.25 bits per heavy atom. The summed E-state index contributed by atoms with van der Waals surface area (Å²) in [5.74, 6) is -6.70. The van der Waals surface area contributed by atoms with Gasteiger partial charge in [0.2, 0.25) is 0 Å². The summed E-state index contributed by atoms with van der Waals surface area (Å²) in [6.45, 7) is 3.60. The van der Waals surface area contributed by atoms with Gasteiger partial charge in [-0.15, -0.1) is 0 Å². The van der Waals surface area contributed by atoms with Crippen LogP contribution in [0.2, 0.25) is 0 Å². The second-order valence-corrected chi connectivity index (χ2v) is 4.63. The maximum atomic E-state index is 13.0. The van der Waals surface area contributed by atoms with Crippen molar-refractivity contribution in [1.82, 2.24) is 4.90 Å². The molecule has 0 aliphatic carbocycles. The van der Waals surface area contributed by atoms with Crippen LogP contribution >= 0.6 is 0 Å². The van der Waals surface area contributed by atoms with Crippen LogP contribution in [0.5, 0.6) is 0 Å². The van der Waals surface area contributed by atoms with Crippen molar-refractivity contribution < 1.29 is 36.2 Å². The van der Waals surface area contributed by atoms with Crippen molar-refractivity contribution >= 4 is 5.97 Å². The summed E-state index contributed by atoms with van der Waals surface area (Å²) in [6, 6.07) is 0. The average Bonchev–Trinajstić information content (AvgIpc) is 2.26. The largest absolute Gasteiger partial charge is 0.457 e. The Morgan fingerprint density at radius 2 is 1.80 bits per heavy atom. The predicted octanol–water partition coefficient (Wildman–Crippen LogP) is 1.84. The second-order valence-electron chi connectivity index (χ2n) is 4.63. The minimum absolute atomic E-state index is 0.178. The summed E-state index contributed by atoms with van der Waals surface area (Å²) in [5, 5.41) is 0. The Labute approximate surface area is 112 Å². The van der Waals surface area contributed by atoms with E-state index in [0.717, 1.165) is 0 Å². The summed E-state index contributed by atoms with van der Waals surface area (Å²) in [6.07, 6.45) is -8.56. The highest BCUT2D eigenvalue weighted by Gasteiger charge is 2.51. The number of rotatable bonds is 5. The molecule has 20 heavy (non-hydrogen) atoms. The highest BCUT2D eigenvalue weighted by molar-refractivity contribution is 5.77. The molecule has 0 N–H and O–H groups in total. The van der Waals surface area contributed by atoms with Gasteiger partial charge in [0.1, 0.15) is 12.5 Å². The van der Waals surface area contributed by atoms with E-state index < -0.39 is 30.6 Å². The molecule has 0 radical (unpaired) electrons. The summed E-state index contributed by atoms with van der Waals surface area (Å²) < 4.78 is 71.3. The van der Waals surface area contributed by atoms with E-state index in [0.29, 0.717) is 26.3 Å². The Balaban J connectivity index is 2.43. The maximum absolute atomic E-state index is 13.0. The highest BCUT2D eigenvalue weighted by atomic mass is 19.4. The molecule has 1 unspecified atom stereocenters. The van der Waals surface area contributed by atoms with Gasteiger partial charge in [-0.1, -0.05) is 0 Å². The van der Waals surface area contributed by atoms with Crippen LogP contribution in [0.4, 0.5) is 22.0 Å². The third-order valence-electron chi connectivity index (χ3n) is 2.65. The van der Waals surface area contributed by atoms with E-state index in [1.165, 1.54) is 6.92 Å². The molecule has 0 amide bonds. The molecular weight excluding hydrogens is 289 g/mol. The van der Waals surface area contributed by atoms with Gasteiger partial charge in [0.05, 0.1) is 13.2 Å². The molecule has 1 rings (SSSR count). The Morgan fingerprint density at radius 3 is 2.30 bits per heavy atom. The van der Waals surface area contributed by atoms with Crippen molar-refractivity contribution in [3.8, 4) is 0 Å². The number of nitrogens with zero attached hydrogens (tertiary/aromatic N) is 1. The van der Waals surface area contributed by atoms with Crippen LogP contribution in [0.25, 0.3) is 0 Å². The molecule has 0 bridgehead atoms. The number of ether oxygens (including phenoxy) is 2. The minimum atomic E-state index is -5.13. The summed E-state index contributed by atoms with van der Waals surface area (Å²) in [7, 11) is 0. The zero-order valence-corrected chi connectivity index (χ0v) is 10.9. The summed E-state index contributed by atoms with van der Waals surface area (Å²) >= 11 is 0. The normalized spacial score (nSPS) is 19.7. The van der Waals surface area contributed by atoms with E-state index in [9.17, 15) is 26.7 Å². The lowest BCUT2D eigenvalue weighted by Gasteiger charge is -2.29. The van der Waals surface area contributed by atoms with Gasteiger partial charge < -0.3 is 9.47 Å². The van der Waals surface area contributed by atoms with E-state index in [4.69, 9.17) is 4.74 Å². The number of morpholine rings is 1. The highest BCUT2D eigenvalue weighted by Crippen LogP contribution is 2.32. The smallest absolute Gasteiger partial charge is 0.395 e. The van der Waals surface area contributed by atoms with E-state index in [2.05, 4.69) is 4.74 Å². The third-order valence-corrected chi connectivity index (χ3v) is 2.65. The van der Waals surface area contributed by atoms with Crippen LogP contribution in [0.15, 0.2) is 0 Å². The predicted molar refractivity (Wildman–Crippen MR) is 58.4 cm³/mol. The summed E-state index contributed by atoms with van der Waals surface area (Å²) in [5.41, 5.74) is 0. The lowest BCUT2D eigenvalue weighted by atomic mass is 10.2.